The second-order valence-electron chi connectivity index (χ2n) is 5.53. The van der Waals surface area contributed by atoms with E-state index in [4.69, 9.17) is 21.1 Å². The van der Waals surface area contributed by atoms with Crippen LogP contribution in [0.3, 0.4) is 0 Å². The molecule has 0 radical (unpaired) electrons. The molecular weight excluding hydrogens is 376 g/mol. The van der Waals surface area contributed by atoms with E-state index in [9.17, 15) is 19.7 Å². The summed E-state index contributed by atoms with van der Waals surface area (Å²) < 4.78 is 9.78. The van der Waals surface area contributed by atoms with Crippen LogP contribution in [0.1, 0.15) is 28.9 Å². The van der Waals surface area contributed by atoms with E-state index < -0.39 is 23.4 Å². The molecule has 2 aromatic carbocycles. The summed E-state index contributed by atoms with van der Waals surface area (Å²) in [5.74, 6) is -1.37. The van der Waals surface area contributed by atoms with Gasteiger partial charge in [0, 0.05) is 11.1 Å². The Morgan fingerprint density at radius 2 is 1.96 bits per heavy atom. The lowest BCUT2D eigenvalue weighted by Gasteiger charge is -2.15. The second-order valence-corrected chi connectivity index (χ2v) is 5.94. The van der Waals surface area contributed by atoms with Crippen molar-refractivity contribution in [2.24, 2.45) is 0 Å². The van der Waals surface area contributed by atoms with Crippen LogP contribution in [0, 0.1) is 10.1 Å². The number of methoxy groups -OCH3 is 1. The highest BCUT2D eigenvalue weighted by atomic mass is 35.5. The predicted molar refractivity (Wildman–Crippen MR) is 97.9 cm³/mol. The number of hydrogen-bond acceptors (Lipinski definition) is 6. The normalized spacial score (nSPS) is 11.4. The zero-order valence-electron chi connectivity index (χ0n) is 14.6. The van der Waals surface area contributed by atoms with Crippen molar-refractivity contribution in [2.45, 2.75) is 13.0 Å². The van der Waals surface area contributed by atoms with Gasteiger partial charge in [0.2, 0.25) is 0 Å². The molecule has 0 saturated carbocycles. The molecule has 0 spiro atoms. The number of hydrogen-bond donors (Lipinski definition) is 1. The van der Waals surface area contributed by atoms with Gasteiger partial charge in [0.05, 0.1) is 23.6 Å². The van der Waals surface area contributed by atoms with Crippen LogP contribution in [0.4, 0.5) is 5.69 Å². The summed E-state index contributed by atoms with van der Waals surface area (Å²) in [7, 11) is 1.28. The number of amides is 1. The molecule has 27 heavy (non-hydrogen) atoms. The van der Waals surface area contributed by atoms with E-state index in [1.807, 2.05) is 0 Å². The number of carbonyl (C=O) groups excluding carboxylic acids is 2. The van der Waals surface area contributed by atoms with Crippen molar-refractivity contribution in [1.82, 2.24) is 5.32 Å². The van der Waals surface area contributed by atoms with Crippen LogP contribution in [0.2, 0.25) is 5.02 Å². The molecule has 0 fully saturated rings. The van der Waals surface area contributed by atoms with Crippen molar-refractivity contribution < 1.29 is 24.0 Å². The zero-order chi connectivity index (χ0) is 20.0. The Morgan fingerprint density at radius 3 is 2.59 bits per heavy atom. The lowest BCUT2D eigenvalue weighted by molar-refractivity contribution is -0.385. The molecule has 0 saturated heterocycles. The summed E-state index contributed by atoms with van der Waals surface area (Å²) in [5.41, 5.74) is 0.294. The highest BCUT2D eigenvalue weighted by Crippen LogP contribution is 2.27. The fourth-order valence-electron chi connectivity index (χ4n) is 2.36. The molecule has 0 heterocycles. The monoisotopic (exact) mass is 392 g/mol. The van der Waals surface area contributed by atoms with Gasteiger partial charge in [-0.05, 0) is 30.7 Å². The van der Waals surface area contributed by atoms with Gasteiger partial charge in [-0.2, -0.15) is 0 Å². The smallest absolute Gasteiger partial charge is 0.338 e. The Labute approximate surface area is 160 Å². The highest BCUT2D eigenvalue weighted by Gasteiger charge is 2.20. The first kappa shape index (κ1) is 20.2. The van der Waals surface area contributed by atoms with Crippen LogP contribution in [-0.4, -0.2) is 30.5 Å². The van der Waals surface area contributed by atoms with Crippen molar-refractivity contribution in [1.29, 1.82) is 0 Å². The molecule has 8 nitrogen and oxygen atoms in total. The fraction of sp³-hybridized carbons (Fsp3) is 0.222. The number of nitrogens with zero attached hydrogens (tertiary/aromatic N) is 1. The molecule has 0 aliphatic rings. The molecule has 142 valence electrons. The molecule has 0 bridgehead atoms. The predicted octanol–water partition coefficient (Wildman–Crippen LogP) is 3.29. The van der Waals surface area contributed by atoms with Crippen LogP contribution in [-0.2, 0) is 9.53 Å². The molecule has 0 unspecified atom stereocenters. The zero-order valence-corrected chi connectivity index (χ0v) is 15.4. The van der Waals surface area contributed by atoms with Crippen LogP contribution >= 0.6 is 11.6 Å². The van der Waals surface area contributed by atoms with E-state index in [0.717, 1.165) is 11.6 Å². The summed E-state index contributed by atoms with van der Waals surface area (Å²) in [6, 6.07) is 10.3. The lowest BCUT2D eigenvalue weighted by Crippen LogP contribution is -2.31. The topological polar surface area (TPSA) is 108 Å². The van der Waals surface area contributed by atoms with E-state index in [1.54, 1.807) is 31.2 Å². The van der Waals surface area contributed by atoms with Gasteiger partial charge in [0.15, 0.2) is 12.4 Å². The third kappa shape index (κ3) is 5.18. The molecule has 1 amide bonds. The third-order valence-corrected chi connectivity index (χ3v) is 4.04. The first-order valence-corrected chi connectivity index (χ1v) is 8.24. The molecule has 1 N–H and O–H groups in total. The van der Waals surface area contributed by atoms with Gasteiger partial charge in [0.25, 0.3) is 5.91 Å². The summed E-state index contributed by atoms with van der Waals surface area (Å²) in [4.78, 5) is 34.4. The average molecular weight is 393 g/mol. The standard InChI is InChI=1S/C18H17ClN2O6/c1-11(13-5-3-4-6-14(13)19)20-17(22)10-27-18(23)12-7-8-16(26-2)15(9-12)21(24)25/h3-9,11H,10H2,1-2H3,(H,20,22)/t11-/m0/s1. The van der Waals surface area contributed by atoms with Crippen molar-refractivity contribution in [3.8, 4) is 5.75 Å². The number of carbonyl (C=O) groups is 2. The minimum absolute atomic E-state index is 0.0165. The molecular formula is C18H17ClN2O6. The Balaban J connectivity index is 1.97. The molecule has 0 aliphatic heterocycles. The maximum absolute atomic E-state index is 12.0. The lowest BCUT2D eigenvalue weighted by atomic mass is 10.1. The molecule has 0 aromatic heterocycles. The van der Waals surface area contributed by atoms with E-state index in [-0.39, 0.29) is 23.0 Å². The number of rotatable bonds is 7. The van der Waals surface area contributed by atoms with Gasteiger partial charge >= 0.3 is 11.7 Å². The Kier molecular flexibility index (Phi) is 6.73. The van der Waals surface area contributed by atoms with Gasteiger partial charge in [-0.3, -0.25) is 14.9 Å². The second kappa shape index (κ2) is 9.00. The summed E-state index contributed by atoms with van der Waals surface area (Å²) >= 11 is 6.07. The summed E-state index contributed by atoms with van der Waals surface area (Å²) in [6.45, 7) is 1.21. The molecule has 2 aromatic rings. The number of ether oxygens (including phenoxy) is 2. The fourth-order valence-corrected chi connectivity index (χ4v) is 2.66. The molecule has 1 atom stereocenters. The van der Waals surface area contributed by atoms with E-state index >= 15 is 0 Å². The SMILES string of the molecule is COc1ccc(C(=O)OCC(=O)N[C@@H](C)c2ccccc2Cl)cc1[N+](=O)[O-]. The van der Waals surface area contributed by atoms with Crippen molar-refractivity contribution in [2.75, 3.05) is 13.7 Å². The van der Waals surface area contributed by atoms with Crippen molar-refractivity contribution in [3.63, 3.8) is 0 Å². The van der Waals surface area contributed by atoms with Crippen molar-refractivity contribution in [3.05, 3.63) is 68.7 Å². The summed E-state index contributed by atoms with van der Waals surface area (Å²) in [6.07, 6.45) is 0. The minimum Gasteiger partial charge on any atom is -0.490 e. The largest absolute Gasteiger partial charge is 0.490 e. The van der Waals surface area contributed by atoms with Gasteiger partial charge in [-0.25, -0.2) is 4.79 Å². The van der Waals surface area contributed by atoms with Crippen LogP contribution in [0.25, 0.3) is 0 Å². The molecule has 9 heteroatoms. The van der Waals surface area contributed by atoms with E-state index in [2.05, 4.69) is 5.32 Å². The molecule has 2 rings (SSSR count). The maximum atomic E-state index is 12.0. The average Bonchev–Trinajstić information content (AvgIpc) is 2.65. The van der Waals surface area contributed by atoms with Crippen LogP contribution in [0.15, 0.2) is 42.5 Å². The molecule has 0 aliphatic carbocycles. The third-order valence-electron chi connectivity index (χ3n) is 3.69. The van der Waals surface area contributed by atoms with Crippen molar-refractivity contribution >= 4 is 29.2 Å². The highest BCUT2D eigenvalue weighted by molar-refractivity contribution is 6.31. The number of esters is 1. The Hall–Kier alpha value is -3.13. The van der Waals surface area contributed by atoms with Gasteiger partial charge in [-0.15, -0.1) is 0 Å². The number of nitro groups is 1. The number of halogens is 1. The quantitative estimate of drug-likeness (QED) is 0.440. The number of nitro benzene ring substituents is 1. The Bertz CT molecular complexity index is 871. The number of benzene rings is 2. The van der Waals surface area contributed by atoms with Crippen LogP contribution in [0.5, 0.6) is 5.75 Å². The van der Waals surface area contributed by atoms with Gasteiger partial charge in [0.1, 0.15) is 0 Å². The van der Waals surface area contributed by atoms with Gasteiger partial charge in [-0.1, -0.05) is 29.8 Å². The first-order chi connectivity index (χ1) is 12.8. The Morgan fingerprint density at radius 1 is 1.26 bits per heavy atom. The van der Waals surface area contributed by atoms with E-state index in [1.165, 1.54) is 19.2 Å². The maximum Gasteiger partial charge on any atom is 0.338 e. The number of nitrogens with one attached hydrogen (secondary N) is 1. The first-order valence-electron chi connectivity index (χ1n) is 7.86. The van der Waals surface area contributed by atoms with Gasteiger partial charge < -0.3 is 14.8 Å². The minimum atomic E-state index is -0.860. The van der Waals surface area contributed by atoms with Crippen LogP contribution < -0.4 is 10.1 Å². The summed E-state index contributed by atoms with van der Waals surface area (Å²) in [5, 5.41) is 14.2. The van der Waals surface area contributed by atoms with E-state index in [0.29, 0.717) is 5.02 Å².